The third kappa shape index (κ3) is 3.70. The second-order valence-corrected chi connectivity index (χ2v) is 6.80. The van der Waals surface area contributed by atoms with E-state index in [1.807, 2.05) is 6.07 Å². The van der Waals surface area contributed by atoms with Crippen LogP contribution in [0.1, 0.15) is 56.1 Å². The monoisotopic (exact) mass is 301 g/mol. The molecule has 120 valence electrons. The Morgan fingerprint density at radius 3 is 3.05 bits per heavy atom. The van der Waals surface area contributed by atoms with Crippen molar-refractivity contribution in [3.05, 3.63) is 35.4 Å². The predicted molar refractivity (Wildman–Crippen MR) is 87.9 cm³/mol. The van der Waals surface area contributed by atoms with Crippen LogP contribution in [0.25, 0.3) is 0 Å². The molecule has 0 aromatic heterocycles. The number of hydrogen-bond acceptors (Lipinski definition) is 2. The van der Waals surface area contributed by atoms with Crippen LogP contribution in [0.4, 0.5) is 0 Å². The Kier molecular flexibility index (Phi) is 5.14. The Balaban J connectivity index is 1.50. The number of benzene rings is 1. The molecule has 1 saturated heterocycles. The molecule has 1 fully saturated rings. The first-order valence-corrected chi connectivity index (χ1v) is 8.71. The van der Waals surface area contributed by atoms with Gasteiger partial charge < -0.3 is 10.1 Å². The molecule has 0 bridgehead atoms. The lowest BCUT2D eigenvalue weighted by Crippen LogP contribution is -2.33. The van der Waals surface area contributed by atoms with Gasteiger partial charge in [-0.15, -0.1) is 0 Å². The largest absolute Gasteiger partial charge is 0.378 e. The van der Waals surface area contributed by atoms with Crippen LogP contribution in [-0.4, -0.2) is 25.2 Å². The van der Waals surface area contributed by atoms with Crippen LogP contribution < -0.4 is 5.32 Å². The molecule has 3 atom stereocenters. The first-order chi connectivity index (χ1) is 10.7. The number of amides is 1. The fourth-order valence-electron chi connectivity index (χ4n) is 3.90. The predicted octanol–water partition coefficient (Wildman–Crippen LogP) is 3.43. The van der Waals surface area contributed by atoms with Gasteiger partial charge in [0.05, 0.1) is 12.0 Å². The molecule has 3 rings (SSSR count). The number of hydrogen-bond donors (Lipinski definition) is 1. The standard InChI is InChI=1S/C19H27NO2/c1-14-13-15(10-12-22-14)9-11-20-19(21)18-8-4-6-16-5-2-3-7-17(16)18/h2-3,5,7,14-15,18H,4,6,8-13H2,1H3,(H,20,21)/t14-,15+,18-/m1/s1. The number of nitrogens with one attached hydrogen (secondary N) is 1. The number of carbonyl (C=O) groups is 1. The van der Waals surface area contributed by atoms with Gasteiger partial charge >= 0.3 is 0 Å². The maximum absolute atomic E-state index is 12.5. The summed E-state index contributed by atoms with van der Waals surface area (Å²) in [5, 5.41) is 3.18. The van der Waals surface area contributed by atoms with Gasteiger partial charge in [0, 0.05) is 13.2 Å². The van der Waals surface area contributed by atoms with E-state index in [-0.39, 0.29) is 11.8 Å². The average Bonchev–Trinajstić information content (AvgIpc) is 2.54. The third-order valence-electron chi connectivity index (χ3n) is 5.13. The van der Waals surface area contributed by atoms with Crippen molar-refractivity contribution < 1.29 is 9.53 Å². The summed E-state index contributed by atoms with van der Waals surface area (Å²) in [7, 11) is 0. The average molecular weight is 301 g/mol. The summed E-state index contributed by atoms with van der Waals surface area (Å²) in [6.07, 6.45) is 6.92. The lowest BCUT2D eigenvalue weighted by Gasteiger charge is -2.28. The lowest BCUT2D eigenvalue weighted by molar-refractivity contribution is -0.122. The van der Waals surface area contributed by atoms with Crippen LogP contribution in [0.2, 0.25) is 0 Å². The first-order valence-electron chi connectivity index (χ1n) is 8.71. The van der Waals surface area contributed by atoms with Crippen molar-refractivity contribution >= 4 is 5.91 Å². The van der Waals surface area contributed by atoms with Crippen molar-refractivity contribution in [1.82, 2.24) is 5.32 Å². The van der Waals surface area contributed by atoms with E-state index in [2.05, 4.69) is 30.4 Å². The Hall–Kier alpha value is -1.35. The molecule has 0 radical (unpaired) electrons. The molecule has 1 aliphatic heterocycles. The van der Waals surface area contributed by atoms with Crippen molar-refractivity contribution in [2.24, 2.45) is 5.92 Å². The molecule has 0 spiro atoms. The number of ether oxygens (including phenoxy) is 1. The van der Waals surface area contributed by atoms with E-state index >= 15 is 0 Å². The lowest BCUT2D eigenvalue weighted by atomic mass is 9.82. The highest BCUT2D eigenvalue weighted by Gasteiger charge is 2.26. The fourth-order valence-corrected chi connectivity index (χ4v) is 3.90. The molecule has 0 saturated carbocycles. The second-order valence-electron chi connectivity index (χ2n) is 6.80. The number of rotatable bonds is 4. The van der Waals surface area contributed by atoms with Crippen LogP contribution in [-0.2, 0) is 16.0 Å². The zero-order valence-corrected chi connectivity index (χ0v) is 13.5. The van der Waals surface area contributed by atoms with Crippen LogP contribution in [0.15, 0.2) is 24.3 Å². The van der Waals surface area contributed by atoms with Crippen LogP contribution in [0.3, 0.4) is 0 Å². The molecule has 1 amide bonds. The minimum atomic E-state index is 0.0542. The van der Waals surface area contributed by atoms with Gasteiger partial charge in [0.25, 0.3) is 0 Å². The SMILES string of the molecule is C[C@@H]1C[C@@H](CCNC(=O)[C@@H]2CCCc3ccccc32)CCO1. The highest BCUT2D eigenvalue weighted by Crippen LogP contribution is 2.31. The minimum Gasteiger partial charge on any atom is -0.378 e. The third-order valence-corrected chi connectivity index (χ3v) is 5.13. The molecule has 1 heterocycles. The van der Waals surface area contributed by atoms with E-state index in [0.717, 1.165) is 51.7 Å². The van der Waals surface area contributed by atoms with E-state index < -0.39 is 0 Å². The molecular formula is C19H27NO2. The highest BCUT2D eigenvalue weighted by molar-refractivity contribution is 5.84. The quantitative estimate of drug-likeness (QED) is 0.925. The molecule has 1 aliphatic carbocycles. The summed E-state index contributed by atoms with van der Waals surface area (Å²) >= 11 is 0. The second kappa shape index (κ2) is 7.28. The topological polar surface area (TPSA) is 38.3 Å². The minimum absolute atomic E-state index is 0.0542. The summed E-state index contributed by atoms with van der Waals surface area (Å²) in [4.78, 5) is 12.5. The molecule has 1 N–H and O–H groups in total. The maximum Gasteiger partial charge on any atom is 0.227 e. The molecular weight excluding hydrogens is 274 g/mol. The van der Waals surface area contributed by atoms with E-state index in [9.17, 15) is 4.79 Å². The molecule has 0 unspecified atom stereocenters. The van der Waals surface area contributed by atoms with E-state index in [1.54, 1.807) is 0 Å². The van der Waals surface area contributed by atoms with E-state index in [0.29, 0.717) is 12.0 Å². The van der Waals surface area contributed by atoms with Crippen LogP contribution in [0, 0.1) is 5.92 Å². The Morgan fingerprint density at radius 1 is 1.32 bits per heavy atom. The number of fused-ring (bicyclic) bond motifs is 1. The first kappa shape index (κ1) is 15.5. The Bertz CT molecular complexity index is 514. The van der Waals surface area contributed by atoms with Gasteiger partial charge in [-0.3, -0.25) is 4.79 Å². The smallest absolute Gasteiger partial charge is 0.227 e. The summed E-state index contributed by atoms with van der Waals surface area (Å²) in [6, 6.07) is 8.41. The molecule has 1 aromatic rings. The van der Waals surface area contributed by atoms with Crippen molar-refractivity contribution in [2.45, 2.75) is 57.5 Å². The van der Waals surface area contributed by atoms with Gasteiger partial charge in [-0.2, -0.15) is 0 Å². The van der Waals surface area contributed by atoms with Gasteiger partial charge in [-0.05, 0) is 62.5 Å². The molecule has 3 heteroatoms. The van der Waals surface area contributed by atoms with Gasteiger partial charge in [-0.1, -0.05) is 24.3 Å². The van der Waals surface area contributed by atoms with Crippen molar-refractivity contribution in [1.29, 1.82) is 0 Å². The highest BCUT2D eigenvalue weighted by atomic mass is 16.5. The number of aryl methyl sites for hydroxylation is 1. The maximum atomic E-state index is 12.5. The summed E-state index contributed by atoms with van der Waals surface area (Å²) in [5.41, 5.74) is 2.60. The molecule has 3 nitrogen and oxygen atoms in total. The molecule has 1 aromatic carbocycles. The fraction of sp³-hybridized carbons (Fsp3) is 0.632. The summed E-state index contributed by atoms with van der Waals surface area (Å²) in [6.45, 7) is 3.81. The van der Waals surface area contributed by atoms with Crippen molar-refractivity contribution in [2.75, 3.05) is 13.2 Å². The summed E-state index contributed by atoms with van der Waals surface area (Å²) in [5.74, 6) is 0.966. The van der Waals surface area contributed by atoms with Gasteiger partial charge in [0.2, 0.25) is 5.91 Å². The molecule has 2 aliphatic rings. The zero-order chi connectivity index (χ0) is 15.4. The van der Waals surface area contributed by atoms with Crippen molar-refractivity contribution in [3.63, 3.8) is 0 Å². The van der Waals surface area contributed by atoms with E-state index in [4.69, 9.17) is 4.74 Å². The molecule has 22 heavy (non-hydrogen) atoms. The van der Waals surface area contributed by atoms with Crippen LogP contribution in [0.5, 0.6) is 0 Å². The number of carbonyl (C=O) groups excluding carboxylic acids is 1. The van der Waals surface area contributed by atoms with Gasteiger partial charge in [-0.25, -0.2) is 0 Å². The van der Waals surface area contributed by atoms with E-state index in [1.165, 1.54) is 11.1 Å². The summed E-state index contributed by atoms with van der Waals surface area (Å²) < 4.78 is 5.58. The van der Waals surface area contributed by atoms with Gasteiger partial charge in [0.15, 0.2) is 0 Å². The Morgan fingerprint density at radius 2 is 2.18 bits per heavy atom. The van der Waals surface area contributed by atoms with Crippen molar-refractivity contribution in [3.8, 4) is 0 Å². The van der Waals surface area contributed by atoms with Gasteiger partial charge in [0.1, 0.15) is 0 Å². The van der Waals surface area contributed by atoms with Crippen LogP contribution >= 0.6 is 0 Å². The Labute approximate surface area is 133 Å². The normalized spacial score (nSPS) is 28.0. The zero-order valence-electron chi connectivity index (χ0n) is 13.5.